The molecule has 0 aliphatic heterocycles. The fraction of sp³-hybridized carbons (Fsp3) is 0.176. The summed E-state index contributed by atoms with van der Waals surface area (Å²) in [6.45, 7) is 2.34. The van der Waals surface area contributed by atoms with E-state index < -0.39 is 0 Å². The third kappa shape index (κ3) is 4.17. The van der Waals surface area contributed by atoms with Crippen LogP contribution in [-0.2, 0) is 0 Å². The maximum atomic E-state index is 5.79. The number of nitrogens with two attached hydrogens (primary N) is 1. The number of hydrogen-bond acceptors (Lipinski definition) is 2. The summed E-state index contributed by atoms with van der Waals surface area (Å²) in [5.74, 6) is 6.85. The molecule has 2 N–H and O–H groups in total. The molecule has 0 aliphatic rings. The van der Waals surface area contributed by atoms with Gasteiger partial charge in [-0.2, -0.15) is 0 Å². The highest BCUT2D eigenvalue weighted by atomic mass is 16.5. The van der Waals surface area contributed by atoms with Crippen LogP contribution in [0.1, 0.15) is 24.1 Å². The summed E-state index contributed by atoms with van der Waals surface area (Å²) in [5, 5.41) is 0. The number of hydrogen-bond donors (Lipinski definition) is 1. The monoisotopic (exact) mass is 251 g/mol. The number of benzene rings is 2. The lowest BCUT2D eigenvalue weighted by molar-refractivity contribution is 0.370. The fourth-order valence-corrected chi connectivity index (χ4v) is 1.65. The van der Waals surface area contributed by atoms with Gasteiger partial charge in [-0.25, -0.2) is 0 Å². The molecule has 0 amide bonds. The summed E-state index contributed by atoms with van der Waals surface area (Å²) in [6, 6.07) is 17.7. The van der Waals surface area contributed by atoms with Crippen LogP contribution in [0.3, 0.4) is 0 Å². The predicted octanol–water partition coefficient (Wildman–Crippen LogP) is 3.14. The third-order valence-electron chi connectivity index (χ3n) is 2.72. The van der Waals surface area contributed by atoms with E-state index >= 15 is 0 Å². The quantitative estimate of drug-likeness (QED) is 0.851. The Morgan fingerprint density at radius 2 is 1.74 bits per heavy atom. The van der Waals surface area contributed by atoms with E-state index in [1.165, 1.54) is 0 Å². The maximum Gasteiger partial charge on any atom is 0.149 e. The minimum Gasteiger partial charge on any atom is -0.481 e. The molecule has 2 aromatic rings. The van der Waals surface area contributed by atoms with Crippen molar-refractivity contribution in [3.05, 3.63) is 65.7 Å². The largest absolute Gasteiger partial charge is 0.481 e. The Bertz CT molecular complexity index is 562. The number of rotatable bonds is 3. The van der Waals surface area contributed by atoms with Gasteiger partial charge in [0.15, 0.2) is 0 Å². The van der Waals surface area contributed by atoms with E-state index in [1.807, 2.05) is 61.5 Å². The van der Waals surface area contributed by atoms with Gasteiger partial charge in [-0.1, -0.05) is 42.2 Å². The summed E-state index contributed by atoms with van der Waals surface area (Å²) >= 11 is 0. The van der Waals surface area contributed by atoms with Crippen molar-refractivity contribution in [3.8, 4) is 17.6 Å². The lowest BCUT2D eigenvalue weighted by Gasteiger charge is -2.06. The molecule has 2 rings (SSSR count). The van der Waals surface area contributed by atoms with Gasteiger partial charge in [0.2, 0.25) is 0 Å². The molecule has 1 unspecified atom stereocenters. The standard InChI is InChI=1S/C17H17NO/c1-14(18)16-9-11-17(12-10-16)19-13-5-8-15-6-3-2-4-7-15/h2-4,6-7,9-12,14H,13,18H2,1H3. The van der Waals surface area contributed by atoms with Crippen LogP contribution in [0.2, 0.25) is 0 Å². The van der Waals surface area contributed by atoms with Crippen molar-refractivity contribution >= 4 is 0 Å². The summed E-state index contributed by atoms with van der Waals surface area (Å²) in [7, 11) is 0. The van der Waals surface area contributed by atoms with Gasteiger partial charge < -0.3 is 10.5 Å². The van der Waals surface area contributed by atoms with Gasteiger partial charge in [-0.05, 0) is 36.8 Å². The molecule has 0 spiro atoms. The molecule has 0 saturated carbocycles. The van der Waals surface area contributed by atoms with Crippen molar-refractivity contribution < 1.29 is 4.74 Å². The van der Waals surface area contributed by atoms with E-state index in [1.54, 1.807) is 0 Å². The summed E-state index contributed by atoms with van der Waals surface area (Å²) in [6.07, 6.45) is 0. The Kier molecular flexibility index (Phi) is 4.60. The molecule has 2 nitrogen and oxygen atoms in total. The van der Waals surface area contributed by atoms with Crippen molar-refractivity contribution in [1.29, 1.82) is 0 Å². The van der Waals surface area contributed by atoms with E-state index in [0.717, 1.165) is 16.9 Å². The molecule has 0 aliphatic carbocycles. The molecule has 0 aromatic heterocycles. The molecule has 0 fully saturated rings. The Labute approximate surface area is 114 Å². The average molecular weight is 251 g/mol. The summed E-state index contributed by atoms with van der Waals surface area (Å²) in [4.78, 5) is 0. The van der Waals surface area contributed by atoms with Gasteiger partial charge >= 0.3 is 0 Å². The number of ether oxygens (including phenoxy) is 1. The minimum absolute atomic E-state index is 0.0481. The van der Waals surface area contributed by atoms with Gasteiger partial charge in [0.1, 0.15) is 12.4 Å². The first kappa shape index (κ1) is 13.2. The van der Waals surface area contributed by atoms with Gasteiger partial charge in [0.25, 0.3) is 0 Å². The van der Waals surface area contributed by atoms with E-state index in [2.05, 4.69) is 11.8 Å². The van der Waals surface area contributed by atoms with Gasteiger partial charge in [-0.15, -0.1) is 0 Å². The van der Waals surface area contributed by atoms with Crippen LogP contribution in [0, 0.1) is 11.8 Å². The second-order valence-corrected chi connectivity index (χ2v) is 4.31. The molecular weight excluding hydrogens is 234 g/mol. The first-order valence-electron chi connectivity index (χ1n) is 6.28. The second kappa shape index (κ2) is 6.63. The van der Waals surface area contributed by atoms with Crippen molar-refractivity contribution in [1.82, 2.24) is 0 Å². The van der Waals surface area contributed by atoms with Crippen LogP contribution in [0.15, 0.2) is 54.6 Å². The van der Waals surface area contributed by atoms with Crippen LogP contribution in [0.5, 0.6) is 5.75 Å². The van der Waals surface area contributed by atoms with Crippen molar-refractivity contribution in [2.75, 3.05) is 6.61 Å². The molecule has 0 saturated heterocycles. The molecule has 0 bridgehead atoms. The zero-order chi connectivity index (χ0) is 13.5. The first-order chi connectivity index (χ1) is 9.25. The van der Waals surface area contributed by atoms with Gasteiger partial charge in [-0.3, -0.25) is 0 Å². The van der Waals surface area contributed by atoms with Crippen LogP contribution in [-0.4, -0.2) is 6.61 Å². The first-order valence-corrected chi connectivity index (χ1v) is 6.28. The van der Waals surface area contributed by atoms with Gasteiger partial charge in [0.05, 0.1) is 0 Å². The van der Waals surface area contributed by atoms with Crippen molar-refractivity contribution in [2.24, 2.45) is 5.73 Å². The molecule has 2 heteroatoms. The van der Waals surface area contributed by atoms with Crippen LogP contribution < -0.4 is 10.5 Å². The molecule has 1 atom stereocenters. The Morgan fingerprint density at radius 1 is 1.05 bits per heavy atom. The maximum absolute atomic E-state index is 5.79. The molecule has 96 valence electrons. The third-order valence-corrected chi connectivity index (χ3v) is 2.72. The van der Waals surface area contributed by atoms with Crippen LogP contribution in [0.4, 0.5) is 0 Å². The van der Waals surface area contributed by atoms with Crippen LogP contribution >= 0.6 is 0 Å². The zero-order valence-corrected chi connectivity index (χ0v) is 11.0. The zero-order valence-electron chi connectivity index (χ0n) is 11.0. The van der Waals surface area contributed by atoms with Gasteiger partial charge in [0, 0.05) is 11.6 Å². The van der Waals surface area contributed by atoms with Crippen molar-refractivity contribution in [2.45, 2.75) is 13.0 Å². The Hall–Kier alpha value is -2.24. The van der Waals surface area contributed by atoms with Crippen LogP contribution in [0.25, 0.3) is 0 Å². The molecular formula is C17H17NO. The molecule has 2 aromatic carbocycles. The second-order valence-electron chi connectivity index (χ2n) is 4.31. The minimum atomic E-state index is 0.0481. The lowest BCUT2D eigenvalue weighted by Crippen LogP contribution is -2.04. The molecule has 0 heterocycles. The highest BCUT2D eigenvalue weighted by molar-refractivity contribution is 5.34. The summed E-state index contributed by atoms with van der Waals surface area (Å²) < 4.78 is 5.55. The van der Waals surface area contributed by atoms with Crippen molar-refractivity contribution in [3.63, 3.8) is 0 Å². The lowest BCUT2D eigenvalue weighted by atomic mass is 10.1. The Morgan fingerprint density at radius 3 is 2.37 bits per heavy atom. The highest BCUT2D eigenvalue weighted by Gasteiger charge is 1.98. The van der Waals surface area contributed by atoms with E-state index in [9.17, 15) is 0 Å². The average Bonchev–Trinajstić information content (AvgIpc) is 2.45. The van der Waals surface area contributed by atoms with E-state index in [4.69, 9.17) is 10.5 Å². The predicted molar refractivity (Wildman–Crippen MR) is 77.9 cm³/mol. The molecule has 19 heavy (non-hydrogen) atoms. The highest BCUT2D eigenvalue weighted by Crippen LogP contribution is 2.15. The SMILES string of the molecule is CC(N)c1ccc(OCC#Cc2ccccc2)cc1. The fourth-order valence-electron chi connectivity index (χ4n) is 1.65. The summed E-state index contributed by atoms with van der Waals surface area (Å²) in [5.41, 5.74) is 7.88. The van der Waals surface area contributed by atoms with E-state index in [0.29, 0.717) is 6.61 Å². The normalized spacial score (nSPS) is 11.3. The smallest absolute Gasteiger partial charge is 0.149 e. The Balaban J connectivity index is 1.88. The topological polar surface area (TPSA) is 35.2 Å². The van der Waals surface area contributed by atoms with E-state index in [-0.39, 0.29) is 6.04 Å². The molecule has 0 radical (unpaired) electrons.